The number of hydrogen-bond donors (Lipinski definition) is 6. The van der Waals surface area contributed by atoms with Crippen LogP contribution >= 0.6 is 23.5 Å². The summed E-state index contributed by atoms with van der Waals surface area (Å²) in [7, 11) is 7.66. The third-order valence-corrected chi connectivity index (χ3v) is 10.4. The van der Waals surface area contributed by atoms with Gasteiger partial charge >= 0.3 is 30.1 Å². The molecule has 6 N–H and O–H groups in total. The molecule has 18 nitrogen and oxygen atoms in total. The minimum absolute atomic E-state index is 0.0969. The molecule has 0 aliphatic carbocycles. The van der Waals surface area contributed by atoms with Gasteiger partial charge in [-0.2, -0.15) is 23.5 Å². The molecule has 56 heavy (non-hydrogen) atoms. The quantitative estimate of drug-likeness (QED) is 0.0291. The van der Waals surface area contributed by atoms with E-state index >= 15 is 0 Å². The van der Waals surface area contributed by atoms with Crippen LogP contribution in [0.1, 0.15) is 46.0 Å². The van der Waals surface area contributed by atoms with Crippen molar-refractivity contribution in [2.24, 2.45) is 5.41 Å². The molecule has 0 aliphatic heterocycles. The van der Waals surface area contributed by atoms with Crippen molar-refractivity contribution in [3.05, 3.63) is 0 Å². The maximum absolute atomic E-state index is 12.5. The fraction of sp³-hybridized carbons (Fsp3) is 0.861. The Morgan fingerprint density at radius 1 is 0.625 bits per heavy atom. The highest BCUT2D eigenvalue weighted by Crippen LogP contribution is 2.25. The van der Waals surface area contributed by atoms with E-state index in [0.717, 1.165) is 26.2 Å². The van der Waals surface area contributed by atoms with Gasteiger partial charge in [-0.15, -0.1) is 0 Å². The molecule has 0 aromatic carbocycles. The summed E-state index contributed by atoms with van der Waals surface area (Å²) in [5.41, 5.74) is -0.922. The highest BCUT2D eigenvalue weighted by atomic mass is 32.2. The average molecular weight is 843 g/mol. The van der Waals surface area contributed by atoms with Crippen molar-refractivity contribution in [2.45, 2.75) is 58.2 Å². The predicted octanol–water partition coefficient (Wildman–Crippen LogP) is 0.536. The summed E-state index contributed by atoms with van der Waals surface area (Å²) in [6.45, 7) is 8.11. The van der Waals surface area contributed by atoms with E-state index in [9.17, 15) is 34.2 Å². The first kappa shape index (κ1) is 53.4. The van der Waals surface area contributed by atoms with E-state index in [1.165, 1.54) is 30.4 Å². The zero-order chi connectivity index (χ0) is 42.0. The summed E-state index contributed by atoms with van der Waals surface area (Å²) in [4.78, 5) is 64.5. The van der Waals surface area contributed by atoms with Crippen LogP contribution in [0.2, 0.25) is 0 Å². The molecule has 328 valence electrons. The Balaban J connectivity index is 4.34. The molecule has 0 aromatic rings. The number of nitrogens with one attached hydrogen (secondary N) is 4. The second-order valence-corrected chi connectivity index (χ2v) is 15.9. The van der Waals surface area contributed by atoms with Crippen molar-refractivity contribution >= 4 is 53.6 Å². The first-order chi connectivity index (χ1) is 26.7. The number of carbonyl (C=O) groups excluding carboxylic acids is 5. The fourth-order valence-electron chi connectivity index (χ4n) is 4.39. The van der Waals surface area contributed by atoms with E-state index in [2.05, 4.69) is 31.1 Å². The number of amides is 2. The van der Waals surface area contributed by atoms with Crippen LogP contribution in [-0.4, -0.2) is 199 Å². The second-order valence-electron chi connectivity index (χ2n) is 13.4. The molecule has 0 spiro atoms. The lowest BCUT2D eigenvalue weighted by atomic mass is 9.88. The molecule has 0 saturated carbocycles. The van der Waals surface area contributed by atoms with Crippen LogP contribution in [0.4, 0.5) is 9.59 Å². The van der Waals surface area contributed by atoms with Gasteiger partial charge in [-0.3, -0.25) is 14.4 Å². The maximum Gasteiger partial charge on any atom is 0.407 e. The number of alkyl carbamates (subject to hydrolysis) is 2. The van der Waals surface area contributed by atoms with E-state index in [4.69, 9.17) is 23.7 Å². The van der Waals surface area contributed by atoms with Gasteiger partial charge in [0.1, 0.15) is 33.0 Å². The Bertz CT molecular complexity index is 1020. The summed E-state index contributed by atoms with van der Waals surface area (Å²) >= 11 is 2.90. The summed E-state index contributed by atoms with van der Waals surface area (Å²) in [5, 5.41) is 31.7. The third-order valence-electron chi connectivity index (χ3n) is 8.33. The molecule has 0 saturated heterocycles. The van der Waals surface area contributed by atoms with Crippen molar-refractivity contribution in [3.63, 3.8) is 0 Å². The van der Waals surface area contributed by atoms with E-state index in [0.29, 0.717) is 68.5 Å². The standard InChI is InChI=1S/C36H70N6O12S2/c1-7-36(26-52-29(2)43,27-53-32(46)10-22-55-20-8-30(44)24-50-34(48)39-14-18-41(5)16-12-37-3)28-54-33(47)11-23-56-21-9-31(45)25-51-35(49)40-15-19-42(6)17-13-38-4/h30-31,37-38,44-45H,7-28H2,1-6H3,(H,39,48)(H,40,49). The lowest BCUT2D eigenvalue weighted by Gasteiger charge is -2.31. The van der Waals surface area contributed by atoms with E-state index in [1.807, 2.05) is 35.1 Å². The van der Waals surface area contributed by atoms with Crippen LogP contribution in [-0.2, 0) is 38.1 Å². The van der Waals surface area contributed by atoms with Gasteiger partial charge in [0.2, 0.25) is 0 Å². The Kier molecular flexibility index (Phi) is 32.9. The monoisotopic (exact) mass is 842 g/mol. The van der Waals surface area contributed by atoms with Crippen molar-refractivity contribution < 1.29 is 57.9 Å². The number of likely N-dealkylation sites (N-methyl/N-ethyl adjacent to an activating group) is 4. The molecule has 0 heterocycles. The number of nitrogens with zero attached hydrogens (tertiary/aromatic N) is 2. The predicted molar refractivity (Wildman–Crippen MR) is 218 cm³/mol. The number of rotatable bonds is 35. The summed E-state index contributed by atoms with van der Waals surface area (Å²) in [5.74, 6) is 0.530. The SMILES string of the molecule is CCC(COC(C)=O)(COC(=O)CCSCCC(O)COC(=O)NCCN(C)CCNC)COC(=O)CCSCCC(O)COC(=O)NCCN(C)CCNC. The van der Waals surface area contributed by atoms with Gasteiger partial charge in [-0.05, 0) is 59.0 Å². The summed E-state index contributed by atoms with van der Waals surface area (Å²) in [6.07, 6.45) is -1.47. The average Bonchev–Trinajstić information content (AvgIpc) is 3.17. The minimum atomic E-state index is -0.922. The second kappa shape index (κ2) is 34.5. The van der Waals surface area contributed by atoms with Crippen LogP contribution in [0.25, 0.3) is 0 Å². The minimum Gasteiger partial charge on any atom is -0.465 e. The number of hydrogen-bond acceptors (Lipinski definition) is 18. The Morgan fingerprint density at radius 3 is 1.39 bits per heavy atom. The number of ether oxygens (including phenoxy) is 5. The maximum atomic E-state index is 12.5. The molecule has 0 aliphatic rings. The number of carbonyl (C=O) groups is 5. The summed E-state index contributed by atoms with van der Waals surface area (Å²) in [6, 6.07) is 0. The number of thioether (sulfide) groups is 2. The Hall–Kier alpha value is -2.59. The van der Waals surface area contributed by atoms with Gasteiger partial charge in [0.25, 0.3) is 0 Å². The van der Waals surface area contributed by atoms with E-state index in [-0.39, 0.29) is 45.9 Å². The molecule has 0 bridgehead atoms. The van der Waals surface area contributed by atoms with Gasteiger partial charge in [-0.25, -0.2) is 9.59 Å². The van der Waals surface area contributed by atoms with Crippen LogP contribution < -0.4 is 21.3 Å². The van der Waals surface area contributed by atoms with Gasteiger partial charge in [0, 0.05) is 70.8 Å². The molecule has 20 heteroatoms. The zero-order valence-corrected chi connectivity index (χ0v) is 36.0. The van der Waals surface area contributed by atoms with Crippen molar-refractivity contribution in [1.82, 2.24) is 31.1 Å². The zero-order valence-electron chi connectivity index (χ0n) is 34.4. The lowest BCUT2D eigenvalue weighted by molar-refractivity contribution is -0.161. The molecule has 2 unspecified atom stereocenters. The number of aliphatic hydroxyl groups excluding tert-OH is 2. The van der Waals surface area contributed by atoms with Crippen LogP contribution in [0.3, 0.4) is 0 Å². The first-order valence-electron chi connectivity index (χ1n) is 19.2. The third kappa shape index (κ3) is 31.5. The van der Waals surface area contributed by atoms with Crippen molar-refractivity contribution in [1.29, 1.82) is 0 Å². The molecule has 2 amide bonds. The summed E-state index contributed by atoms with van der Waals surface area (Å²) < 4.78 is 26.4. The highest BCUT2D eigenvalue weighted by Gasteiger charge is 2.34. The highest BCUT2D eigenvalue weighted by molar-refractivity contribution is 7.99. The molecule has 0 radical (unpaired) electrons. The number of aliphatic hydroxyl groups is 2. The Labute approximate surface area is 341 Å². The fourth-order valence-corrected chi connectivity index (χ4v) is 6.30. The van der Waals surface area contributed by atoms with Crippen molar-refractivity contribution in [3.8, 4) is 0 Å². The van der Waals surface area contributed by atoms with Crippen molar-refractivity contribution in [2.75, 3.05) is 137 Å². The van der Waals surface area contributed by atoms with Crippen LogP contribution in [0, 0.1) is 5.41 Å². The van der Waals surface area contributed by atoms with Gasteiger partial charge < -0.3 is 65.0 Å². The molecule has 2 atom stereocenters. The normalized spacial score (nSPS) is 13.4. The largest absolute Gasteiger partial charge is 0.465 e. The lowest BCUT2D eigenvalue weighted by Crippen LogP contribution is -2.39. The number of esters is 3. The van der Waals surface area contributed by atoms with E-state index < -0.39 is 47.7 Å². The smallest absolute Gasteiger partial charge is 0.407 e. The van der Waals surface area contributed by atoms with Crippen LogP contribution in [0.5, 0.6) is 0 Å². The molecule has 0 aromatic heterocycles. The van der Waals surface area contributed by atoms with Crippen LogP contribution in [0.15, 0.2) is 0 Å². The molecular formula is C36H70N6O12S2. The first-order valence-corrected chi connectivity index (χ1v) is 21.5. The topological polar surface area (TPSA) is 227 Å². The molecular weight excluding hydrogens is 773 g/mol. The molecule has 0 fully saturated rings. The van der Waals surface area contributed by atoms with Gasteiger partial charge in [0.05, 0.1) is 30.5 Å². The Morgan fingerprint density at radius 2 is 1.02 bits per heavy atom. The van der Waals surface area contributed by atoms with Gasteiger partial charge in [0.15, 0.2) is 0 Å². The molecule has 0 rings (SSSR count). The van der Waals surface area contributed by atoms with Gasteiger partial charge in [-0.1, -0.05) is 6.92 Å². The van der Waals surface area contributed by atoms with E-state index in [1.54, 1.807) is 0 Å².